The van der Waals surface area contributed by atoms with E-state index in [-0.39, 0.29) is 0 Å². The van der Waals surface area contributed by atoms with E-state index in [4.69, 9.17) is 9.47 Å². The number of quaternary nitrogens is 1. The van der Waals surface area contributed by atoms with Gasteiger partial charge in [0.25, 0.3) is 0 Å². The zero-order chi connectivity index (χ0) is 19.8. The molecule has 8 heteroatoms. The van der Waals surface area contributed by atoms with Gasteiger partial charge in [-0.15, -0.1) is 5.10 Å². The second-order valence-corrected chi connectivity index (χ2v) is 7.29. The normalized spacial score (nSPS) is 16.3. The van der Waals surface area contributed by atoms with Crippen LogP contribution in [0.1, 0.15) is 38.1 Å². The Kier molecular flexibility index (Phi) is 7.62. The molecule has 1 aromatic heterocycles. The predicted molar refractivity (Wildman–Crippen MR) is 108 cm³/mol. The lowest BCUT2D eigenvalue weighted by Gasteiger charge is -2.37. The topological polar surface area (TPSA) is 69.7 Å². The first kappa shape index (κ1) is 20.5. The number of nitrogens with zero attached hydrogens (tertiary/aromatic N) is 5. The molecule has 0 spiro atoms. The molecule has 8 nitrogen and oxygen atoms in total. The number of hydrogen-bond donors (Lipinski definition) is 1. The summed E-state index contributed by atoms with van der Waals surface area (Å²) in [7, 11) is 3.43. The number of aromatic nitrogens is 4. The van der Waals surface area contributed by atoms with E-state index >= 15 is 0 Å². The highest BCUT2D eigenvalue weighted by atomic mass is 16.5. The molecule has 1 aliphatic heterocycles. The predicted octanol–water partition coefficient (Wildman–Crippen LogP) is 0.965. The van der Waals surface area contributed by atoms with Crippen molar-refractivity contribution in [2.24, 2.45) is 0 Å². The summed E-state index contributed by atoms with van der Waals surface area (Å²) in [5.74, 6) is 1.90. The molecule has 2 aromatic rings. The highest BCUT2D eigenvalue weighted by molar-refractivity contribution is 5.50. The summed E-state index contributed by atoms with van der Waals surface area (Å²) in [6, 6.07) is 8.66. The maximum Gasteiger partial charge on any atom is 0.209 e. The Morgan fingerprint density at radius 2 is 2.04 bits per heavy atom. The summed E-state index contributed by atoms with van der Waals surface area (Å²) >= 11 is 0. The number of piperazine rings is 1. The third-order valence-corrected chi connectivity index (χ3v) is 5.54. The van der Waals surface area contributed by atoms with Gasteiger partial charge in [0.05, 0.1) is 46.4 Å². The molecule has 0 radical (unpaired) electrons. The van der Waals surface area contributed by atoms with Gasteiger partial charge in [-0.05, 0) is 29.0 Å². The van der Waals surface area contributed by atoms with Gasteiger partial charge in [-0.2, -0.15) is 0 Å². The van der Waals surface area contributed by atoms with Crippen LogP contribution in [-0.4, -0.2) is 67.2 Å². The van der Waals surface area contributed by atoms with Gasteiger partial charge >= 0.3 is 0 Å². The van der Waals surface area contributed by atoms with E-state index in [0.717, 1.165) is 44.2 Å². The lowest BCUT2D eigenvalue weighted by molar-refractivity contribution is -0.933. The molecule has 0 saturated carbocycles. The van der Waals surface area contributed by atoms with Crippen LogP contribution in [0, 0.1) is 0 Å². The largest absolute Gasteiger partial charge is 0.497 e. The van der Waals surface area contributed by atoms with Crippen molar-refractivity contribution >= 4 is 5.69 Å². The number of benzene rings is 1. The maximum absolute atomic E-state index is 5.38. The van der Waals surface area contributed by atoms with Crippen molar-refractivity contribution in [3.8, 4) is 5.75 Å². The van der Waals surface area contributed by atoms with Crippen molar-refractivity contribution in [1.82, 2.24) is 20.2 Å². The minimum absolute atomic E-state index is 0.333. The first-order chi connectivity index (χ1) is 13.8. The molecule has 1 N–H and O–H groups in total. The first-order valence-electron chi connectivity index (χ1n) is 10.2. The van der Waals surface area contributed by atoms with Crippen LogP contribution in [0.25, 0.3) is 0 Å². The summed E-state index contributed by atoms with van der Waals surface area (Å²) in [5, 5.41) is 12.5. The number of hydrogen-bond acceptors (Lipinski definition) is 6. The van der Waals surface area contributed by atoms with Crippen LogP contribution >= 0.6 is 0 Å². The van der Waals surface area contributed by atoms with Crippen LogP contribution in [0.5, 0.6) is 5.75 Å². The summed E-state index contributed by atoms with van der Waals surface area (Å²) in [6.07, 6.45) is 3.47. The molecule has 1 aliphatic rings. The first-order valence-corrected chi connectivity index (χ1v) is 10.2. The van der Waals surface area contributed by atoms with E-state index in [2.05, 4.69) is 45.5 Å². The lowest BCUT2D eigenvalue weighted by Crippen LogP contribution is -3.15. The molecule has 0 unspecified atom stereocenters. The number of rotatable bonds is 10. The molecule has 1 atom stereocenters. The quantitative estimate of drug-likeness (QED) is 0.653. The van der Waals surface area contributed by atoms with Crippen molar-refractivity contribution in [2.75, 3.05) is 51.9 Å². The van der Waals surface area contributed by atoms with E-state index in [1.807, 2.05) is 10.7 Å². The van der Waals surface area contributed by atoms with E-state index < -0.39 is 0 Å². The van der Waals surface area contributed by atoms with Crippen LogP contribution in [0.15, 0.2) is 24.3 Å². The molecule has 0 amide bonds. The lowest BCUT2D eigenvalue weighted by atomic mass is 10.1. The van der Waals surface area contributed by atoms with Crippen LogP contribution in [0.3, 0.4) is 0 Å². The molecular formula is C20H33N6O2+. The molecule has 3 rings (SSSR count). The second-order valence-electron chi connectivity index (χ2n) is 7.29. The van der Waals surface area contributed by atoms with Crippen molar-refractivity contribution in [2.45, 2.75) is 38.8 Å². The molecule has 1 saturated heterocycles. The minimum Gasteiger partial charge on any atom is -0.497 e. The zero-order valence-electron chi connectivity index (χ0n) is 17.3. The fourth-order valence-corrected chi connectivity index (χ4v) is 3.93. The number of unbranched alkanes of at least 4 members (excludes halogenated alkanes) is 1. The van der Waals surface area contributed by atoms with Gasteiger partial charge < -0.3 is 19.3 Å². The molecule has 0 bridgehead atoms. The number of tetrazole rings is 1. The third-order valence-electron chi connectivity index (χ3n) is 5.54. The van der Waals surface area contributed by atoms with Gasteiger partial charge in [-0.1, -0.05) is 19.4 Å². The van der Waals surface area contributed by atoms with Gasteiger partial charge in [0, 0.05) is 25.3 Å². The Balaban J connectivity index is 1.68. The second kappa shape index (κ2) is 10.4. The number of anilines is 1. The molecular weight excluding hydrogens is 356 g/mol. The molecule has 2 heterocycles. The van der Waals surface area contributed by atoms with Crippen LogP contribution < -0.4 is 14.5 Å². The summed E-state index contributed by atoms with van der Waals surface area (Å²) in [4.78, 5) is 4.01. The smallest absolute Gasteiger partial charge is 0.209 e. The zero-order valence-corrected chi connectivity index (χ0v) is 17.3. The van der Waals surface area contributed by atoms with Gasteiger partial charge in [-0.25, -0.2) is 4.68 Å². The van der Waals surface area contributed by atoms with Crippen molar-refractivity contribution in [3.63, 3.8) is 0 Å². The molecule has 0 aliphatic carbocycles. The molecule has 28 heavy (non-hydrogen) atoms. The number of methoxy groups -OCH3 is 2. The van der Waals surface area contributed by atoms with Crippen molar-refractivity contribution in [1.29, 1.82) is 0 Å². The monoisotopic (exact) mass is 389 g/mol. The Hall–Kier alpha value is -2.19. The van der Waals surface area contributed by atoms with Crippen LogP contribution in [0.2, 0.25) is 0 Å². The van der Waals surface area contributed by atoms with E-state index in [1.165, 1.54) is 18.5 Å². The van der Waals surface area contributed by atoms with Crippen LogP contribution in [0.4, 0.5) is 5.69 Å². The number of ether oxygens (including phenoxy) is 2. The fourth-order valence-electron chi connectivity index (χ4n) is 3.93. The Labute approximate surface area is 167 Å². The van der Waals surface area contributed by atoms with Gasteiger partial charge in [-0.3, -0.25) is 0 Å². The van der Waals surface area contributed by atoms with E-state index in [0.29, 0.717) is 19.2 Å². The average Bonchev–Trinajstić information content (AvgIpc) is 3.21. The Morgan fingerprint density at radius 1 is 1.21 bits per heavy atom. The van der Waals surface area contributed by atoms with Crippen molar-refractivity contribution in [3.05, 3.63) is 30.1 Å². The standard InChI is InChI=1S/C20H32N6O2/c1-4-5-9-19(20-21-22-23-26(20)14-15-27-2)25-12-10-24(11-13-25)17-7-6-8-18(16-17)28-3/h6-8,16,19H,4-5,9-15H2,1-3H3/p+1/t19-/m1/s1. The van der Waals surface area contributed by atoms with Crippen molar-refractivity contribution < 1.29 is 14.4 Å². The Morgan fingerprint density at radius 3 is 2.75 bits per heavy atom. The van der Waals surface area contributed by atoms with E-state index in [9.17, 15) is 0 Å². The third kappa shape index (κ3) is 4.99. The highest BCUT2D eigenvalue weighted by Crippen LogP contribution is 2.21. The number of nitrogens with one attached hydrogen (secondary N) is 1. The maximum atomic E-state index is 5.38. The Bertz CT molecular complexity index is 714. The molecule has 154 valence electrons. The van der Waals surface area contributed by atoms with Gasteiger partial charge in [0.2, 0.25) is 5.82 Å². The summed E-state index contributed by atoms with van der Waals surface area (Å²) < 4.78 is 12.5. The molecule has 1 aromatic carbocycles. The van der Waals surface area contributed by atoms with Gasteiger partial charge in [0.1, 0.15) is 11.8 Å². The van der Waals surface area contributed by atoms with Crippen LogP contribution in [-0.2, 0) is 11.3 Å². The molecule has 1 fully saturated rings. The highest BCUT2D eigenvalue weighted by Gasteiger charge is 2.32. The summed E-state index contributed by atoms with van der Waals surface area (Å²) in [5.41, 5.74) is 1.23. The summed E-state index contributed by atoms with van der Waals surface area (Å²) in [6.45, 7) is 7.74. The minimum atomic E-state index is 0.333. The average molecular weight is 390 g/mol. The van der Waals surface area contributed by atoms with E-state index in [1.54, 1.807) is 19.1 Å². The SMILES string of the molecule is CCCC[C@H](c1nnnn1CCOC)[NH+]1CCN(c2cccc(OC)c2)CC1. The van der Waals surface area contributed by atoms with Gasteiger partial charge in [0.15, 0.2) is 0 Å². The fraction of sp³-hybridized carbons (Fsp3) is 0.650.